The van der Waals surface area contributed by atoms with Gasteiger partial charge in [0.1, 0.15) is 0 Å². The molecule has 0 heterocycles. The predicted molar refractivity (Wildman–Crippen MR) is 132 cm³/mol. The molecule has 1 N–H and O–H groups in total. The van der Waals surface area contributed by atoms with E-state index in [0.29, 0.717) is 11.3 Å². The summed E-state index contributed by atoms with van der Waals surface area (Å²) < 4.78 is 27.1. The van der Waals surface area contributed by atoms with Crippen LogP contribution in [0.4, 0.5) is 5.69 Å². The van der Waals surface area contributed by atoms with E-state index in [0.717, 1.165) is 16.0 Å². The summed E-state index contributed by atoms with van der Waals surface area (Å²) in [5.41, 5.74) is 4.34. The number of sulfonamides is 1. The maximum atomic E-state index is 12.9. The van der Waals surface area contributed by atoms with E-state index >= 15 is 0 Å². The minimum atomic E-state index is -3.69. The van der Waals surface area contributed by atoms with Crippen molar-refractivity contribution in [2.24, 2.45) is 0 Å². The van der Waals surface area contributed by atoms with Crippen molar-refractivity contribution in [2.45, 2.75) is 36.6 Å². The SMILES string of the molecule is CSc1ccc(S(=O)(=O)N(C)c2ccc(C(=O)NC(C)c3ccc(C)cc3C)cc2)cc1. The third-order valence-corrected chi connectivity index (χ3v) is 7.99. The summed E-state index contributed by atoms with van der Waals surface area (Å²) in [6.45, 7) is 6.02. The Morgan fingerprint density at radius 1 is 0.969 bits per heavy atom. The molecule has 0 aromatic heterocycles. The van der Waals surface area contributed by atoms with Crippen molar-refractivity contribution in [3.05, 3.63) is 89.0 Å². The summed E-state index contributed by atoms with van der Waals surface area (Å²) in [6.07, 6.45) is 1.94. The molecule has 0 saturated carbocycles. The Bertz CT molecular complexity index is 1200. The average molecular weight is 469 g/mol. The molecule has 0 saturated heterocycles. The molecule has 1 unspecified atom stereocenters. The molecule has 0 bridgehead atoms. The highest BCUT2D eigenvalue weighted by Crippen LogP contribution is 2.25. The molecule has 0 radical (unpaired) electrons. The fourth-order valence-corrected chi connectivity index (χ4v) is 5.14. The number of benzene rings is 3. The number of hydrogen-bond donors (Lipinski definition) is 1. The maximum absolute atomic E-state index is 12.9. The van der Waals surface area contributed by atoms with E-state index in [9.17, 15) is 13.2 Å². The summed E-state index contributed by atoms with van der Waals surface area (Å²) in [7, 11) is -2.18. The molecule has 32 heavy (non-hydrogen) atoms. The monoisotopic (exact) mass is 468 g/mol. The van der Waals surface area contributed by atoms with Crippen LogP contribution in [-0.4, -0.2) is 27.6 Å². The van der Waals surface area contributed by atoms with Crippen molar-refractivity contribution in [3.63, 3.8) is 0 Å². The third kappa shape index (κ3) is 5.16. The van der Waals surface area contributed by atoms with Crippen LogP contribution in [0.15, 0.2) is 76.5 Å². The zero-order valence-corrected chi connectivity index (χ0v) is 20.5. The normalized spacial score (nSPS) is 12.3. The third-order valence-electron chi connectivity index (χ3n) is 5.45. The van der Waals surface area contributed by atoms with Gasteiger partial charge in [-0.2, -0.15) is 0 Å². The first-order chi connectivity index (χ1) is 15.1. The molecular weight excluding hydrogens is 440 g/mol. The summed E-state index contributed by atoms with van der Waals surface area (Å²) in [4.78, 5) is 13.9. The van der Waals surface area contributed by atoms with E-state index in [1.807, 2.05) is 39.2 Å². The van der Waals surface area contributed by atoms with Crippen molar-refractivity contribution in [1.29, 1.82) is 0 Å². The van der Waals surface area contributed by atoms with Gasteiger partial charge in [0.25, 0.3) is 15.9 Å². The van der Waals surface area contributed by atoms with E-state index in [1.54, 1.807) is 60.3 Å². The second kappa shape index (κ2) is 9.79. The highest BCUT2D eigenvalue weighted by atomic mass is 32.2. The van der Waals surface area contributed by atoms with Gasteiger partial charge in [-0.3, -0.25) is 9.10 Å². The smallest absolute Gasteiger partial charge is 0.264 e. The largest absolute Gasteiger partial charge is 0.346 e. The lowest BCUT2D eigenvalue weighted by Gasteiger charge is -2.20. The topological polar surface area (TPSA) is 66.5 Å². The first kappa shape index (κ1) is 23.9. The first-order valence-electron chi connectivity index (χ1n) is 10.2. The number of anilines is 1. The number of hydrogen-bond acceptors (Lipinski definition) is 4. The van der Waals surface area contributed by atoms with Gasteiger partial charge in [-0.1, -0.05) is 23.8 Å². The highest BCUT2D eigenvalue weighted by molar-refractivity contribution is 7.98. The average Bonchev–Trinajstić information content (AvgIpc) is 2.78. The van der Waals surface area contributed by atoms with Gasteiger partial charge in [0.2, 0.25) is 0 Å². The number of rotatable bonds is 7. The molecule has 1 atom stereocenters. The lowest BCUT2D eigenvalue weighted by Crippen LogP contribution is -2.28. The second-order valence-corrected chi connectivity index (χ2v) is 10.6. The zero-order valence-electron chi connectivity index (χ0n) is 18.9. The van der Waals surface area contributed by atoms with Crippen LogP contribution in [0.5, 0.6) is 0 Å². The quantitative estimate of drug-likeness (QED) is 0.475. The molecule has 1 amide bonds. The van der Waals surface area contributed by atoms with Crippen LogP contribution in [0.2, 0.25) is 0 Å². The van der Waals surface area contributed by atoms with Crippen LogP contribution < -0.4 is 9.62 Å². The summed E-state index contributed by atoms with van der Waals surface area (Å²) in [5, 5.41) is 3.02. The fourth-order valence-electron chi connectivity index (χ4n) is 3.54. The van der Waals surface area contributed by atoms with Crippen LogP contribution in [0.3, 0.4) is 0 Å². The zero-order chi connectivity index (χ0) is 23.5. The Morgan fingerprint density at radius 3 is 2.16 bits per heavy atom. The van der Waals surface area contributed by atoms with Crippen molar-refractivity contribution < 1.29 is 13.2 Å². The van der Waals surface area contributed by atoms with Gasteiger partial charge < -0.3 is 5.32 Å². The fraction of sp³-hybridized carbons (Fsp3) is 0.240. The number of thioether (sulfide) groups is 1. The van der Waals surface area contributed by atoms with Crippen LogP contribution >= 0.6 is 11.8 Å². The Hall–Kier alpha value is -2.77. The molecule has 3 aromatic carbocycles. The molecule has 0 aliphatic rings. The summed E-state index contributed by atoms with van der Waals surface area (Å²) in [6, 6.07) is 19.4. The van der Waals surface area contributed by atoms with Gasteiger partial charge in [-0.15, -0.1) is 11.8 Å². The second-order valence-electron chi connectivity index (χ2n) is 7.75. The van der Waals surface area contributed by atoms with Gasteiger partial charge in [0.15, 0.2) is 0 Å². The first-order valence-corrected chi connectivity index (χ1v) is 12.9. The van der Waals surface area contributed by atoms with Gasteiger partial charge in [0.05, 0.1) is 16.6 Å². The number of carbonyl (C=O) groups is 1. The Balaban J connectivity index is 1.73. The molecule has 0 aliphatic carbocycles. The van der Waals surface area contributed by atoms with Gasteiger partial charge in [0, 0.05) is 17.5 Å². The van der Waals surface area contributed by atoms with Crippen LogP contribution in [0.1, 0.15) is 40.0 Å². The number of nitrogens with zero attached hydrogens (tertiary/aromatic N) is 1. The van der Waals surface area contributed by atoms with Gasteiger partial charge >= 0.3 is 0 Å². The van der Waals surface area contributed by atoms with E-state index < -0.39 is 10.0 Å². The van der Waals surface area contributed by atoms with Crippen molar-refractivity contribution >= 4 is 33.4 Å². The lowest BCUT2D eigenvalue weighted by molar-refractivity contribution is 0.0940. The molecule has 0 fully saturated rings. The van der Waals surface area contributed by atoms with Crippen LogP contribution in [0.25, 0.3) is 0 Å². The molecule has 3 rings (SSSR count). The lowest BCUT2D eigenvalue weighted by atomic mass is 10.00. The van der Waals surface area contributed by atoms with Gasteiger partial charge in [-0.25, -0.2) is 8.42 Å². The molecule has 7 heteroatoms. The predicted octanol–water partition coefficient (Wildman–Crippen LogP) is 5.34. The molecule has 0 spiro atoms. The molecule has 168 valence electrons. The maximum Gasteiger partial charge on any atom is 0.264 e. The van der Waals surface area contributed by atoms with Crippen LogP contribution in [-0.2, 0) is 10.0 Å². The minimum Gasteiger partial charge on any atom is -0.346 e. The summed E-state index contributed by atoms with van der Waals surface area (Å²) in [5.74, 6) is -0.206. The number of nitrogens with one attached hydrogen (secondary N) is 1. The van der Waals surface area contributed by atoms with Crippen LogP contribution in [0, 0.1) is 13.8 Å². The Labute approximate surface area is 194 Å². The van der Waals surface area contributed by atoms with Crippen molar-refractivity contribution in [1.82, 2.24) is 5.32 Å². The number of amides is 1. The standard InChI is InChI=1S/C25H28N2O3S2/c1-17-6-15-24(18(2)16-17)19(3)26-25(28)20-7-9-21(10-8-20)27(4)32(29,30)23-13-11-22(31-5)12-14-23/h6-16,19H,1-5H3,(H,26,28). The van der Waals surface area contributed by atoms with Crippen molar-refractivity contribution in [2.75, 3.05) is 17.6 Å². The molecule has 5 nitrogen and oxygen atoms in total. The molecule has 0 aliphatic heterocycles. The van der Waals surface area contributed by atoms with E-state index in [1.165, 1.54) is 16.9 Å². The summed E-state index contributed by atoms with van der Waals surface area (Å²) >= 11 is 1.55. The minimum absolute atomic E-state index is 0.143. The van der Waals surface area contributed by atoms with E-state index in [2.05, 4.69) is 11.4 Å². The van der Waals surface area contributed by atoms with Gasteiger partial charge in [-0.05, 0) is 86.7 Å². The van der Waals surface area contributed by atoms with E-state index in [-0.39, 0.29) is 16.8 Å². The molecule has 3 aromatic rings. The Kier molecular flexibility index (Phi) is 7.31. The van der Waals surface area contributed by atoms with Crippen molar-refractivity contribution in [3.8, 4) is 0 Å². The van der Waals surface area contributed by atoms with E-state index in [4.69, 9.17) is 0 Å². The number of aryl methyl sites for hydroxylation is 2. The molecular formula is C25H28N2O3S2. The number of carbonyl (C=O) groups excluding carboxylic acids is 1. The highest BCUT2D eigenvalue weighted by Gasteiger charge is 2.22. The Morgan fingerprint density at radius 2 is 1.59 bits per heavy atom.